The third-order valence-electron chi connectivity index (χ3n) is 3.19. The van der Waals surface area contributed by atoms with Crippen LogP contribution in [0.3, 0.4) is 0 Å². The number of nitriles is 1. The van der Waals surface area contributed by atoms with Gasteiger partial charge >= 0.3 is 0 Å². The van der Waals surface area contributed by atoms with Crippen molar-refractivity contribution in [2.75, 3.05) is 11.9 Å². The van der Waals surface area contributed by atoms with Crippen LogP contribution >= 0.6 is 0 Å². The fourth-order valence-electron chi connectivity index (χ4n) is 2.07. The smallest absolute Gasteiger partial charge is 0.121 e. The van der Waals surface area contributed by atoms with E-state index in [-0.39, 0.29) is 0 Å². The number of rotatable bonds is 10. The zero-order valence-corrected chi connectivity index (χ0v) is 12.7. The van der Waals surface area contributed by atoms with Crippen molar-refractivity contribution in [3.63, 3.8) is 0 Å². The molecule has 0 radical (unpaired) electrons. The first-order chi connectivity index (χ1) is 9.76. The molecule has 0 aliphatic carbocycles. The second-order valence-electron chi connectivity index (χ2n) is 5.18. The summed E-state index contributed by atoms with van der Waals surface area (Å²) >= 11 is 0. The van der Waals surface area contributed by atoms with E-state index >= 15 is 0 Å². The van der Waals surface area contributed by atoms with Crippen molar-refractivity contribution in [3.8, 4) is 11.8 Å². The van der Waals surface area contributed by atoms with Crippen LogP contribution in [-0.2, 0) is 0 Å². The summed E-state index contributed by atoms with van der Waals surface area (Å²) in [5.41, 5.74) is 1.10. The summed E-state index contributed by atoms with van der Waals surface area (Å²) in [5.74, 6) is 0.869. The van der Waals surface area contributed by atoms with Crippen molar-refractivity contribution in [3.05, 3.63) is 24.3 Å². The van der Waals surface area contributed by atoms with E-state index < -0.39 is 0 Å². The van der Waals surface area contributed by atoms with Gasteiger partial charge in [0.1, 0.15) is 5.75 Å². The van der Waals surface area contributed by atoms with Gasteiger partial charge in [-0.3, -0.25) is 0 Å². The quantitative estimate of drug-likeness (QED) is 0.626. The van der Waals surface area contributed by atoms with Crippen LogP contribution in [0.1, 0.15) is 52.4 Å². The molecule has 0 aliphatic heterocycles. The van der Waals surface area contributed by atoms with Gasteiger partial charge < -0.3 is 10.1 Å². The van der Waals surface area contributed by atoms with Crippen LogP contribution in [0.5, 0.6) is 5.75 Å². The van der Waals surface area contributed by atoms with Crippen LogP contribution in [0.2, 0.25) is 0 Å². The fraction of sp³-hybridized carbons (Fsp3) is 0.588. The maximum Gasteiger partial charge on any atom is 0.121 e. The Morgan fingerprint density at radius 2 is 2.15 bits per heavy atom. The summed E-state index contributed by atoms with van der Waals surface area (Å²) in [4.78, 5) is 0. The molecule has 0 aliphatic rings. The SMILES string of the molecule is CCCCCC(C)Nc1cccc(OCCCC#N)c1. The zero-order chi connectivity index (χ0) is 14.6. The molecule has 1 rings (SSSR count). The van der Waals surface area contributed by atoms with E-state index in [4.69, 9.17) is 10.00 Å². The minimum atomic E-state index is 0.482. The molecule has 1 aromatic carbocycles. The minimum absolute atomic E-state index is 0.482. The molecule has 1 N–H and O–H groups in total. The average Bonchev–Trinajstić information content (AvgIpc) is 2.44. The van der Waals surface area contributed by atoms with E-state index in [0.717, 1.165) is 17.9 Å². The Balaban J connectivity index is 2.37. The molecule has 0 saturated heterocycles. The number of ether oxygens (including phenoxy) is 1. The molecular weight excluding hydrogens is 248 g/mol. The second kappa shape index (κ2) is 10.1. The maximum atomic E-state index is 8.48. The van der Waals surface area contributed by atoms with Crippen molar-refractivity contribution < 1.29 is 4.74 Å². The molecule has 0 amide bonds. The molecule has 0 spiro atoms. The Labute approximate surface area is 123 Å². The summed E-state index contributed by atoms with van der Waals surface area (Å²) in [6.07, 6.45) is 6.36. The number of hydrogen-bond donors (Lipinski definition) is 1. The normalized spacial score (nSPS) is 11.7. The Morgan fingerprint density at radius 1 is 1.30 bits per heavy atom. The van der Waals surface area contributed by atoms with Crippen molar-refractivity contribution in [2.24, 2.45) is 0 Å². The summed E-state index contributed by atoms with van der Waals surface area (Å²) in [7, 11) is 0. The Kier molecular flexibility index (Phi) is 8.30. The van der Waals surface area contributed by atoms with Crippen LogP contribution in [0.4, 0.5) is 5.69 Å². The molecule has 0 saturated carbocycles. The minimum Gasteiger partial charge on any atom is -0.493 e. The van der Waals surface area contributed by atoms with Crippen molar-refractivity contribution in [2.45, 2.75) is 58.4 Å². The number of nitrogens with one attached hydrogen (secondary N) is 1. The summed E-state index contributed by atoms with van der Waals surface area (Å²) in [6, 6.07) is 10.7. The standard InChI is InChI=1S/C17H26N2O/c1-3-4-5-9-15(2)19-16-10-8-11-17(14-16)20-13-7-6-12-18/h8,10-11,14-15,19H,3-7,9,13H2,1-2H3. The van der Waals surface area contributed by atoms with Crippen LogP contribution in [0, 0.1) is 11.3 Å². The average molecular weight is 274 g/mol. The summed E-state index contributed by atoms with van der Waals surface area (Å²) < 4.78 is 5.64. The van der Waals surface area contributed by atoms with Crippen molar-refractivity contribution >= 4 is 5.69 Å². The Hall–Kier alpha value is -1.69. The van der Waals surface area contributed by atoms with Crippen LogP contribution in [0.25, 0.3) is 0 Å². The summed E-state index contributed by atoms with van der Waals surface area (Å²) in [5, 5.41) is 12.0. The number of hydrogen-bond acceptors (Lipinski definition) is 3. The molecule has 0 fully saturated rings. The second-order valence-corrected chi connectivity index (χ2v) is 5.18. The third kappa shape index (κ3) is 7.04. The highest BCUT2D eigenvalue weighted by Crippen LogP contribution is 2.19. The molecular formula is C17H26N2O. The lowest BCUT2D eigenvalue weighted by Crippen LogP contribution is -2.14. The fourth-order valence-corrected chi connectivity index (χ4v) is 2.07. The number of unbranched alkanes of at least 4 members (excludes halogenated alkanes) is 3. The number of nitrogens with zero attached hydrogens (tertiary/aromatic N) is 1. The van der Waals surface area contributed by atoms with Gasteiger partial charge in [-0.25, -0.2) is 0 Å². The van der Waals surface area contributed by atoms with E-state index in [1.165, 1.54) is 25.7 Å². The van der Waals surface area contributed by atoms with Crippen LogP contribution < -0.4 is 10.1 Å². The molecule has 1 aromatic rings. The zero-order valence-electron chi connectivity index (χ0n) is 12.7. The number of benzene rings is 1. The van der Waals surface area contributed by atoms with Gasteiger partial charge in [0, 0.05) is 24.2 Å². The lowest BCUT2D eigenvalue weighted by Gasteiger charge is -2.16. The maximum absolute atomic E-state index is 8.48. The first-order valence-corrected chi connectivity index (χ1v) is 7.62. The van der Waals surface area contributed by atoms with E-state index in [0.29, 0.717) is 19.1 Å². The predicted octanol–water partition coefficient (Wildman–Crippen LogP) is 4.75. The van der Waals surface area contributed by atoms with E-state index in [1.54, 1.807) is 0 Å². The van der Waals surface area contributed by atoms with E-state index in [2.05, 4.69) is 31.3 Å². The molecule has 0 aromatic heterocycles. The highest BCUT2D eigenvalue weighted by Gasteiger charge is 2.03. The largest absolute Gasteiger partial charge is 0.493 e. The first kappa shape index (κ1) is 16.4. The van der Waals surface area contributed by atoms with Gasteiger partial charge in [0.2, 0.25) is 0 Å². The molecule has 3 nitrogen and oxygen atoms in total. The van der Waals surface area contributed by atoms with Gasteiger partial charge in [0.25, 0.3) is 0 Å². The molecule has 3 heteroatoms. The molecule has 0 bridgehead atoms. The Morgan fingerprint density at radius 3 is 2.90 bits per heavy atom. The number of anilines is 1. The third-order valence-corrected chi connectivity index (χ3v) is 3.19. The van der Waals surface area contributed by atoms with Gasteiger partial charge in [-0.15, -0.1) is 0 Å². The van der Waals surface area contributed by atoms with Crippen LogP contribution in [0.15, 0.2) is 24.3 Å². The van der Waals surface area contributed by atoms with Gasteiger partial charge in [0.15, 0.2) is 0 Å². The van der Waals surface area contributed by atoms with Gasteiger partial charge in [0.05, 0.1) is 12.7 Å². The molecule has 110 valence electrons. The van der Waals surface area contributed by atoms with Gasteiger partial charge in [-0.05, 0) is 31.9 Å². The van der Waals surface area contributed by atoms with Crippen molar-refractivity contribution in [1.82, 2.24) is 0 Å². The topological polar surface area (TPSA) is 45.0 Å². The highest BCUT2D eigenvalue weighted by molar-refractivity contribution is 5.48. The lowest BCUT2D eigenvalue weighted by atomic mass is 10.1. The Bertz CT molecular complexity index is 412. The van der Waals surface area contributed by atoms with E-state index in [9.17, 15) is 0 Å². The van der Waals surface area contributed by atoms with Gasteiger partial charge in [-0.1, -0.05) is 32.3 Å². The van der Waals surface area contributed by atoms with E-state index in [1.807, 2.05) is 18.2 Å². The molecule has 20 heavy (non-hydrogen) atoms. The van der Waals surface area contributed by atoms with Crippen LogP contribution in [-0.4, -0.2) is 12.6 Å². The predicted molar refractivity (Wildman–Crippen MR) is 84.0 cm³/mol. The molecule has 0 heterocycles. The summed E-state index contributed by atoms with van der Waals surface area (Å²) in [6.45, 7) is 5.05. The monoisotopic (exact) mass is 274 g/mol. The first-order valence-electron chi connectivity index (χ1n) is 7.62. The highest BCUT2D eigenvalue weighted by atomic mass is 16.5. The van der Waals surface area contributed by atoms with Crippen molar-refractivity contribution in [1.29, 1.82) is 5.26 Å². The molecule has 1 atom stereocenters. The lowest BCUT2D eigenvalue weighted by molar-refractivity contribution is 0.313. The van der Waals surface area contributed by atoms with Gasteiger partial charge in [-0.2, -0.15) is 5.26 Å². The molecule has 1 unspecified atom stereocenters.